The van der Waals surface area contributed by atoms with Crippen molar-refractivity contribution in [3.8, 4) is 0 Å². The molecule has 0 fully saturated rings. The molecule has 1 rings (SSSR count). The molecule has 3 nitrogen and oxygen atoms in total. The van der Waals surface area contributed by atoms with Gasteiger partial charge < -0.3 is 11.1 Å². The molecule has 0 aliphatic carbocycles. The molecule has 1 atom stereocenters. The molecule has 1 unspecified atom stereocenters. The number of nitrogens with zero attached hydrogens (tertiary/aromatic N) is 1. The van der Waals surface area contributed by atoms with Gasteiger partial charge >= 0.3 is 0 Å². The molecular weight excluding hydrogens is 222 g/mol. The first-order valence-corrected chi connectivity index (χ1v) is 6.18. The molecule has 0 amide bonds. The zero-order chi connectivity index (χ0) is 12.0. The van der Waals surface area contributed by atoms with Crippen molar-refractivity contribution in [3.63, 3.8) is 0 Å². The van der Waals surface area contributed by atoms with Gasteiger partial charge in [0.25, 0.3) is 0 Å². The molecule has 0 spiro atoms. The van der Waals surface area contributed by atoms with Crippen LogP contribution in [0.2, 0.25) is 5.02 Å². The number of halogens is 1. The molecule has 0 saturated carbocycles. The highest BCUT2D eigenvalue weighted by Crippen LogP contribution is 2.17. The van der Waals surface area contributed by atoms with Gasteiger partial charge in [-0.15, -0.1) is 0 Å². The van der Waals surface area contributed by atoms with Crippen LogP contribution in [0.5, 0.6) is 0 Å². The number of aromatic nitrogens is 1. The van der Waals surface area contributed by atoms with Gasteiger partial charge in [-0.3, -0.25) is 0 Å². The predicted octanol–water partition coefficient (Wildman–Crippen LogP) is 2.64. The monoisotopic (exact) mass is 241 g/mol. The Balaban J connectivity index is 2.55. The highest BCUT2D eigenvalue weighted by atomic mass is 35.5. The van der Waals surface area contributed by atoms with Crippen molar-refractivity contribution >= 4 is 17.4 Å². The van der Waals surface area contributed by atoms with Crippen molar-refractivity contribution < 1.29 is 0 Å². The molecule has 0 aromatic carbocycles. The maximum absolute atomic E-state index is 5.89. The summed E-state index contributed by atoms with van der Waals surface area (Å²) in [5.41, 5.74) is 6.85. The summed E-state index contributed by atoms with van der Waals surface area (Å²) in [5, 5.41) is 4.10. The molecule has 0 aliphatic heterocycles. The number of aryl methyl sites for hydroxylation is 1. The molecule has 1 aromatic heterocycles. The van der Waals surface area contributed by atoms with Gasteiger partial charge in [0.15, 0.2) is 0 Å². The minimum atomic E-state index is 0.545. The Hall–Kier alpha value is -0.800. The number of pyridine rings is 1. The van der Waals surface area contributed by atoms with E-state index in [0.717, 1.165) is 31.4 Å². The van der Waals surface area contributed by atoms with Crippen molar-refractivity contribution in [2.75, 3.05) is 12.3 Å². The highest BCUT2D eigenvalue weighted by molar-refractivity contribution is 6.30. The Morgan fingerprint density at radius 1 is 1.50 bits per heavy atom. The Bertz CT molecular complexity index is 328. The second-order valence-electron chi connectivity index (χ2n) is 3.90. The van der Waals surface area contributed by atoms with Gasteiger partial charge in [0, 0.05) is 12.2 Å². The number of hydrogen-bond acceptors (Lipinski definition) is 3. The summed E-state index contributed by atoms with van der Waals surface area (Å²) in [6.07, 6.45) is 4.70. The second kappa shape index (κ2) is 6.71. The maximum atomic E-state index is 5.89. The van der Waals surface area contributed by atoms with Crippen molar-refractivity contribution in [1.29, 1.82) is 0 Å². The summed E-state index contributed by atoms with van der Waals surface area (Å²) in [6, 6.07) is 2.45. The van der Waals surface area contributed by atoms with Crippen LogP contribution < -0.4 is 11.1 Å². The van der Waals surface area contributed by atoms with E-state index < -0.39 is 0 Å². The van der Waals surface area contributed by atoms with E-state index in [1.807, 2.05) is 6.07 Å². The molecule has 4 heteroatoms. The van der Waals surface area contributed by atoms with Crippen LogP contribution >= 0.6 is 11.6 Å². The molecule has 0 radical (unpaired) electrons. The van der Waals surface area contributed by atoms with Crippen LogP contribution in [0.1, 0.15) is 32.3 Å². The first kappa shape index (κ1) is 13.3. The number of nitrogen functional groups attached to an aromatic ring is 1. The van der Waals surface area contributed by atoms with Crippen molar-refractivity contribution in [2.24, 2.45) is 0 Å². The average Bonchev–Trinajstić information content (AvgIpc) is 2.28. The van der Waals surface area contributed by atoms with Gasteiger partial charge in [0.05, 0.1) is 5.02 Å². The molecule has 90 valence electrons. The van der Waals surface area contributed by atoms with Crippen LogP contribution in [0.4, 0.5) is 5.82 Å². The molecule has 0 aliphatic rings. The smallest absolute Gasteiger partial charge is 0.126 e. The molecule has 0 bridgehead atoms. The zero-order valence-corrected chi connectivity index (χ0v) is 10.7. The molecule has 1 heterocycles. The topological polar surface area (TPSA) is 50.9 Å². The third-order valence-electron chi connectivity index (χ3n) is 2.72. The number of nitrogens with one attached hydrogen (secondary N) is 1. The van der Waals surface area contributed by atoms with Crippen LogP contribution in [0.25, 0.3) is 0 Å². The van der Waals surface area contributed by atoms with E-state index in [9.17, 15) is 0 Å². The van der Waals surface area contributed by atoms with Gasteiger partial charge in [-0.05, 0) is 37.4 Å². The van der Waals surface area contributed by atoms with Crippen LogP contribution in [0.3, 0.4) is 0 Å². The summed E-state index contributed by atoms with van der Waals surface area (Å²) < 4.78 is 0. The van der Waals surface area contributed by atoms with Crippen LogP contribution in [0.15, 0.2) is 12.3 Å². The molecule has 16 heavy (non-hydrogen) atoms. The van der Waals surface area contributed by atoms with E-state index in [-0.39, 0.29) is 0 Å². The maximum Gasteiger partial charge on any atom is 0.126 e. The van der Waals surface area contributed by atoms with Gasteiger partial charge in [-0.1, -0.05) is 25.4 Å². The summed E-state index contributed by atoms with van der Waals surface area (Å²) in [6.45, 7) is 5.31. The molecule has 0 saturated heterocycles. The highest BCUT2D eigenvalue weighted by Gasteiger charge is 2.07. The lowest BCUT2D eigenvalue weighted by molar-refractivity contribution is 0.481. The third-order valence-corrected chi connectivity index (χ3v) is 2.92. The first-order chi connectivity index (χ1) is 7.67. The number of rotatable bonds is 6. The summed E-state index contributed by atoms with van der Waals surface area (Å²) in [5.74, 6) is 0.593. The lowest BCUT2D eigenvalue weighted by atomic mass is 10.0. The van der Waals surface area contributed by atoms with Crippen LogP contribution in [-0.4, -0.2) is 17.6 Å². The SMILES string of the molecule is CCNC(CC)CCc1cc(Cl)cnc1N. The molecular formula is C12H20ClN3. The molecule has 1 aromatic rings. The van der Waals surface area contributed by atoms with E-state index in [0.29, 0.717) is 16.9 Å². The standard InChI is InChI=1S/C12H20ClN3/c1-3-11(15-4-2)6-5-9-7-10(13)8-16-12(9)14/h7-8,11,15H,3-6H2,1-2H3,(H2,14,16). The fourth-order valence-electron chi connectivity index (χ4n) is 1.76. The van der Waals surface area contributed by atoms with Gasteiger partial charge in [0.1, 0.15) is 5.82 Å². The van der Waals surface area contributed by atoms with Crippen molar-refractivity contribution in [1.82, 2.24) is 10.3 Å². The Morgan fingerprint density at radius 2 is 2.25 bits per heavy atom. The Morgan fingerprint density at radius 3 is 2.88 bits per heavy atom. The summed E-state index contributed by atoms with van der Waals surface area (Å²) in [7, 11) is 0. The Labute approximate surface area is 102 Å². The summed E-state index contributed by atoms with van der Waals surface area (Å²) in [4.78, 5) is 4.05. The predicted molar refractivity (Wildman–Crippen MR) is 69.7 cm³/mol. The van der Waals surface area contributed by atoms with E-state index in [2.05, 4.69) is 24.1 Å². The van der Waals surface area contributed by atoms with Gasteiger partial charge in [-0.25, -0.2) is 4.98 Å². The van der Waals surface area contributed by atoms with E-state index in [4.69, 9.17) is 17.3 Å². The lowest BCUT2D eigenvalue weighted by Crippen LogP contribution is -2.28. The van der Waals surface area contributed by atoms with Crippen molar-refractivity contribution in [2.45, 2.75) is 39.2 Å². The quantitative estimate of drug-likeness (QED) is 0.805. The minimum absolute atomic E-state index is 0.545. The number of anilines is 1. The van der Waals surface area contributed by atoms with E-state index >= 15 is 0 Å². The van der Waals surface area contributed by atoms with Crippen LogP contribution in [0, 0.1) is 0 Å². The first-order valence-electron chi connectivity index (χ1n) is 5.80. The van der Waals surface area contributed by atoms with Crippen LogP contribution in [-0.2, 0) is 6.42 Å². The van der Waals surface area contributed by atoms with Gasteiger partial charge in [0.2, 0.25) is 0 Å². The van der Waals surface area contributed by atoms with Crippen molar-refractivity contribution in [3.05, 3.63) is 22.8 Å². The lowest BCUT2D eigenvalue weighted by Gasteiger charge is -2.15. The Kier molecular flexibility index (Phi) is 5.56. The van der Waals surface area contributed by atoms with E-state index in [1.165, 1.54) is 0 Å². The second-order valence-corrected chi connectivity index (χ2v) is 4.34. The number of nitrogens with two attached hydrogens (primary N) is 1. The van der Waals surface area contributed by atoms with Gasteiger partial charge in [-0.2, -0.15) is 0 Å². The normalized spacial score (nSPS) is 12.7. The largest absolute Gasteiger partial charge is 0.383 e. The fraction of sp³-hybridized carbons (Fsp3) is 0.583. The van der Waals surface area contributed by atoms with E-state index in [1.54, 1.807) is 6.20 Å². The summed E-state index contributed by atoms with van der Waals surface area (Å²) >= 11 is 5.89. The average molecular weight is 242 g/mol. The molecule has 3 N–H and O–H groups in total. The zero-order valence-electron chi connectivity index (χ0n) is 9.96. The third kappa shape index (κ3) is 3.99. The minimum Gasteiger partial charge on any atom is -0.383 e. The number of hydrogen-bond donors (Lipinski definition) is 2. The fourth-order valence-corrected chi connectivity index (χ4v) is 1.94.